The summed E-state index contributed by atoms with van der Waals surface area (Å²) in [6.07, 6.45) is 8.20. The molecule has 0 fully saturated rings. The van der Waals surface area contributed by atoms with E-state index < -0.39 is 0 Å². The Bertz CT molecular complexity index is 805. The summed E-state index contributed by atoms with van der Waals surface area (Å²) in [5.41, 5.74) is 10.6. The second kappa shape index (κ2) is 8.77. The number of allylic oxidation sites excluding steroid dienone is 4. The maximum absolute atomic E-state index is 2.35. The molecule has 0 aliphatic heterocycles. The molecular formula is C21H19I2Zr. The van der Waals surface area contributed by atoms with E-state index in [0.29, 0.717) is 3.63 Å². The van der Waals surface area contributed by atoms with Gasteiger partial charge in [0, 0.05) is 0 Å². The van der Waals surface area contributed by atoms with Crippen LogP contribution in [0.2, 0.25) is 0 Å². The van der Waals surface area contributed by atoms with E-state index in [2.05, 4.69) is 61.5 Å². The van der Waals surface area contributed by atoms with Crippen molar-refractivity contribution >= 4 is 5.57 Å². The van der Waals surface area contributed by atoms with Gasteiger partial charge in [0.05, 0.1) is 0 Å². The van der Waals surface area contributed by atoms with Crippen LogP contribution in [0.5, 0.6) is 0 Å². The summed E-state index contributed by atoms with van der Waals surface area (Å²) in [5.74, 6) is 0. The smallest absolute Gasteiger partial charge is 1.00 e. The predicted molar refractivity (Wildman–Crippen MR) is 89.3 cm³/mol. The van der Waals surface area contributed by atoms with Crippen molar-refractivity contribution in [3.05, 3.63) is 76.9 Å². The molecule has 1 atom stereocenters. The van der Waals surface area contributed by atoms with Gasteiger partial charge >= 0.3 is 148 Å². The van der Waals surface area contributed by atoms with Gasteiger partial charge in [-0.1, -0.05) is 0 Å². The molecule has 0 amide bonds. The van der Waals surface area contributed by atoms with Crippen LogP contribution in [0.15, 0.2) is 60.2 Å². The quantitative estimate of drug-likeness (QED) is 0.421. The Morgan fingerprint density at radius 1 is 0.958 bits per heavy atom. The van der Waals surface area contributed by atoms with Crippen LogP contribution in [0.1, 0.15) is 46.5 Å². The van der Waals surface area contributed by atoms with Gasteiger partial charge in [-0.2, -0.15) is 0 Å². The van der Waals surface area contributed by atoms with Crippen molar-refractivity contribution in [2.45, 2.75) is 29.8 Å². The molecule has 3 heteroatoms. The second-order valence-corrected chi connectivity index (χ2v) is 7.57. The number of hydrogen-bond acceptors (Lipinski definition) is 0. The van der Waals surface area contributed by atoms with Crippen LogP contribution >= 0.6 is 0 Å². The molecule has 4 rings (SSSR count). The molecule has 0 N–H and O–H groups in total. The first-order chi connectivity index (χ1) is 10.8. The molecule has 0 heterocycles. The van der Waals surface area contributed by atoms with E-state index in [0.717, 1.165) is 6.42 Å². The van der Waals surface area contributed by atoms with Crippen molar-refractivity contribution in [1.29, 1.82) is 0 Å². The first-order valence-electron chi connectivity index (χ1n) is 8.13. The molecule has 0 spiro atoms. The minimum Gasteiger partial charge on any atom is -1.00 e. The van der Waals surface area contributed by atoms with E-state index >= 15 is 0 Å². The molecular weight excluding hydrogens is 597 g/mol. The summed E-state index contributed by atoms with van der Waals surface area (Å²) in [5, 5.41) is 0. The number of fused-ring (bicyclic) bond motifs is 3. The molecule has 2 aliphatic carbocycles. The molecule has 24 heavy (non-hydrogen) atoms. The van der Waals surface area contributed by atoms with Crippen LogP contribution < -0.4 is 48.0 Å². The third-order valence-electron chi connectivity index (χ3n) is 4.83. The maximum atomic E-state index is 2.35. The summed E-state index contributed by atoms with van der Waals surface area (Å²) in [4.78, 5) is 0. The molecule has 0 saturated heterocycles. The monoisotopic (exact) mass is 615 g/mol. The van der Waals surface area contributed by atoms with Gasteiger partial charge in [0.15, 0.2) is 0 Å². The van der Waals surface area contributed by atoms with Crippen molar-refractivity contribution < 1.29 is 72.7 Å². The summed E-state index contributed by atoms with van der Waals surface area (Å²) >= 11 is 1.59. The molecule has 0 aromatic heterocycles. The molecule has 0 saturated carbocycles. The fraction of sp³-hybridized carbons (Fsp3) is 0.238. The van der Waals surface area contributed by atoms with Gasteiger partial charge in [-0.15, -0.1) is 0 Å². The molecule has 0 bridgehead atoms. The Balaban J connectivity index is 0.00000104. The van der Waals surface area contributed by atoms with E-state index in [1.165, 1.54) is 35.1 Å². The number of halogens is 2. The molecule has 2 aromatic rings. The average Bonchev–Trinajstić information content (AvgIpc) is 3.12. The first-order valence-corrected chi connectivity index (χ1v) is 9.55. The number of rotatable bonds is 3. The average molecular weight is 616 g/mol. The van der Waals surface area contributed by atoms with Gasteiger partial charge in [-0.05, 0) is 0 Å². The third-order valence-corrected chi connectivity index (χ3v) is 6.30. The Morgan fingerprint density at radius 2 is 1.67 bits per heavy atom. The summed E-state index contributed by atoms with van der Waals surface area (Å²) in [7, 11) is 0. The van der Waals surface area contributed by atoms with Crippen LogP contribution in [0, 0.1) is 0 Å². The fourth-order valence-electron chi connectivity index (χ4n) is 3.86. The second-order valence-electron chi connectivity index (χ2n) is 6.15. The Kier molecular flexibility index (Phi) is 7.52. The van der Waals surface area contributed by atoms with E-state index in [9.17, 15) is 0 Å². The van der Waals surface area contributed by atoms with Crippen molar-refractivity contribution in [2.75, 3.05) is 0 Å². The predicted octanol–water partition coefficient (Wildman–Crippen LogP) is -0.175. The van der Waals surface area contributed by atoms with Gasteiger partial charge in [-0.3, -0.25) is 0 Å². The minimum absolute atomic E-state index is 0. The van der Waals surface area contributed by atoms with Gasteiger partial charge < -0.3 is 48.0 Å². The zero-order chi connectivity index (χ0) is 15.1. The van der Waals surface area contributed by atoms with Crippen LogP contribution in [0.25, 0.3) is 16.7 Å². The zero-order valence-electron chi connectivity index (χ0n) is 13.7. The Morgan fingerprint density at radius 3 is 2.46 bits per heavy atom. The first kappa shape index (κ1) is 20.6. The fourth-order valence-corrected chi connectivity index (χ4v) is 5.24. The molecule has 0 nitrogen and oxygen atoms in total. The molecule has 1 unspecified atom stereocenters. The summed E-state index contributed by atoms with van der Waals surface area (Å²) in [6.45, 7) is 2.27. The topological polar surface area (TPSA) is 0 Å². The van der Waals surface area contributed by atoms with Crippen molar-refractivity contribution in [3.8, 4) is 11.1 Å². The Hall–Kier alpha value is 0.263. The van der Waals surface area contributed by atoms with E-state index in [1.807, 2.05) is 0 Å². The molecule has 2 aromatic carbocycles. The van der Waals surface area contributed by atoms with Crippen molar-refractivity contribution in [3.63, 3.8) is 0 Å². The van der Waals surface area contributed by atoms with E-state index in [1.54, 1.807) is 41.4 Å². The van der Waals surface area contributed by atoms with E-state index in [-0.39, 0.29) is 48.0 Å². The van der Waals surface area contributed by atoms with Gasteiger partial charge in [0.2, 0.25) is 0 Å². The summed E-state index contributed by atoms with van der Waals surface area (Å²) in [6, 6.07) is 15.9. The number of benzene rings is 2. The maximum Gasteiger partial charge on any atom is -1.00 e. The minimum atomic E-state index is 0. The Labute approximate surface area is 194 Å². The van der Waals surface area contributed by atoms with Crippen LogP contribution in [-0.2, 0) is 24.7 Å². The van der Waals surface area contributed by atoms with Crippen LogP contribution in [0.3, 0.4) is 0 Å². The third kappa shape index (κ3) is 3.42. The van der Waals surface area contributed by atoms with Gasteiger partial charge in [-0.25, -0.2) is 0 Å². The molecule has 2 aliphatic rings. The number of hydrogen-bond donors (Lipinski definition) is 0. The largest absolute Gasteiger partial charge is 1.00 e. The van der Waals surface area contributed by atoms with Crippen molar-refractivity contribution in [1.82, 2.24) is 0 Å². The standard InChI is InChI=1S/C21H19.2HI.Zr/c1-2-7-15-9-5-11-17(15)19-12-6-13-20-18-10-4-3-8-16(18)14-21(19)20;;;/h3-6,8-10,12-14H,2,7,11H2,1H3;2*1H;/q;;;+2/p-2. The SMILES string of the molecule is CCCC1=C(c2cccc3c2[CH]([Zr+2])c2ccccc2-3)CC=C1.[I-].[I-]. The van der Waals surface area contributed by atoms with Crippen LogP contribution in [0.4, 0.5) is 0 Å². The normalized spacial score (nSPS) is 17.2. The summed E-state index contributed by atoms with van der Waals surface area (Å²) < 4.78 is 0.588. The van der Waals surface area contributed by atoms with Crippen LogP contribution in [-0.4, -0.2) is 0 Å². The van der Waals surface area contributed by atoms with Gasteiger partial charge in [0.25, 0.3) is 0 Å². The van der Waals surface area contributed by atoms with Crippen molar-refractivity contribution in [2.24, 2.45) is 0 Å². The van der Waals surface area contributed by atoms with E-state index in [4.69, 9.17) is 0 Å². The molecule has 0 radical (unpaired) electrons. The molecule has 121 valence electrons. The van der Waals surface area contributed by atoms with Gasteiger partial charge in [0.1, 0.15) is 0 Å². The zero-order valence-corrected chi connectivity index (χ0v) is 20.4.